The van der Waals surface area contributed by atoms with Crippen molar-refractivity contribution >= 4 is 17.2 Å². The number of amides is 1. The molecular formula is C18H21FN2OS. The topological polar surface area (TPSA) is 32.3 Å². The highest BCUT2D eigenvalue weighted by atomic mass is 32.1. The number of fused-ring (bicyclic) bond motifs is 1. The zero-order valence-electron chi connectivity index (χ0n) is 13.2. The Kier molecular flexibility index (Phi) is 5.08. The highest BCUT2D eigenvalue weighted by Crippen LogP contribution is 2.32. The molecule has 1 aliphatic rings. The summed E-state index contributed by atoms with van der Waals surface area (Å²) in [5.74, 6) is -0.205. The van der Waals surface area contributed by atoms with E-state index in [1.165, 1.54) is 16.5 Å². The first-order valence-corrected chi connectivity index (χ1v) is 8.83. The Morgan fingerprint density at radius 2 is 2.22 bits per heavy atom. The minimum absolute atomic E-state index is 0.00636. The van der Waals surface area contributed by atoms with Crippen LogP contribution in [0.4, 0.5) is 4.39 Å². The summed E-state index contributed by atoms with van der Waals surface area (Å²) in [7, 11) is 0. The lowest BCUT2D eigenvalue weighted by Crippen LogP contribution is -2.41. The Balaban J connectivity index is 1.48. The van der Waals surface area contributed by atoms with Gasteiger partial charge in [-0.2, -0.15) is 0 Å². The van der Waals surface area contributed by atoms with Crippen molar-refractivity contribution in [2.24, 2.45) is 0 Å². The summed E-state index contributed by atoms with van der Waals surface area (Å²) in [6, 6.07) is 9.13. The molecule has 0 radical (unpaired) electrons. The maximum atomic E-state index is 13.5. The van der Waals surface area contributed by atoms with Crippen molar-refractivity contribution in [1.29, 1.82) is 0 Å². The van der Waals surface area contributed by atoms with Crippen LogP contribution >= 0.6 is 11.3 Å². The van der Waals surface area contributed by atoms with Gasteiger partial charge < -0.3 is 5.32 Å². The summed E-state index contributed by atoms with van der Waals surface area (Å²) in [5, 5.41) is 5.02. The van der Waals surface area contributed by atoms with Gasteiger partial charge in [0, 0.05) is 24.0 Å². The number of hydrogen-bond acceptors (Lipinski definition) is 3. The van der Waals surface area contributed by atoms with Crippen molar-refractivity contribution < 1.29 is 9.18 Å². The molecule has 0 spiro atoms. The van der Waals surface area contributed by atoms with Gasteiger partial charge in [-0.05, 0) is 48.4 Å². The van der Waals surface area contributed by atoms with E-state index in [1.54, 1.807) is 23.5 Å². The molecule has 1 N–H and O–H groups in total. The third-order valence-corrected chi connectivity index (χ3v) is 5.42. The normalized spacial score (nSPS) is 17.7. The minimum Gasteiger partial charge on any atom is -0.355 e. The van der Waals surface area contributed by atoms with Gasteiger partial charge in [-0.3, -0.25) is 9.69 Å². The third kappa shape index (κ3) is 3.79. The average molecular weight is 332 g/mol. The van der Waals surface area contributed by atoms with Crippen molar-refractivity contribution in [2.75, 3.05) is 19.6 Å². The predicted molar refractivity (Wildman–Crippen MR) is 91.1 cm³/mol. The van der Waals surface area contributed by atoms with Crippen LogP contribution in [0.3, 0.4) is 0 Å². The van der Waals surface area contributed by atoms with E-state index in [-0.39, 0.29) is 17.8 Å². The summed E-state index contributed by atoms with van der Waals surface area (Å²) in [4.78, 5) is 15.8. The molecule has 3 nitrogen and oxygen atoms in total. The van der Waals surface area contributed by atoms with E-state index in [1.807, 2.05) is 6.07 Å². The standard InChI is InChI=1S/C18H21FN2OS/c1-13-15-8-11-23-17(15)7-10-21(13)12-18(22)20-9-6-14-4-2-3-5-16(14)19/h2-5,8,11,13H,6-7,9-10,12H2,1H3,(H,20,22)/t13-/m0/s1. The first-order valence-electron chi connectivity index (χ1n) is 7.95. The molecule has 0 saturated carbocycles. The molecule has 0 bridgehead atoms. The largest absolute Gasteiger partial charge is 0.355 e. The highest BCUT2D eigenvalue weighted by Gasteiger charge is 2.25. The molecule has 0 unspecified atom stereocenters. The van der Waals surface area contributed by atoms with Crippen LogP contribution in [0.15, 0.2) is 35.7 Å². The van der Waals surface area contributed by atoms with Gasteiger partial charge in [0.15, 0.2) is 0 Å². The van der Waals surface area contributed by atoms with Gasteiger partial charge in [-0.15, -0.1) is 11.3 Å². The van der Waals surface area contributed by atoms with Gasteiger partial charge in [0.25, 0.3) is 0 Å². The molecule has 1 aromatic carbocycles. The van der Waals surface area contributed by atoms with E-state index >= 15 is 0 Å². The lowest BCUT2D eigenvalue weighted by molar-refractivity contribution is -0.122. The third-order valence-electron chi connectivity index (χ3n) is 4.42. The van der Waals surface area contributed by atoms with Crippen LogP contribution in [0, 0.1) is 5.82 Å². The van der Waals surface area contributed by atoms with E-state index in [0.717, 1.165) is 13.0 Å². The van der Waals surface area contributed by atoms with Crippen LogP contribution in [-0.4, -0.2) is 30.4 Å². The Labute approximate surface area is 140 Å². The number of nitrogens with zero attached hydrogens (tertiary/aromatic N) is 1. The lowest BCUT2D eigenvalue weighted by Gasteiger charge is -2.32. The fraction of sp³-hybridized carbons (Fsp3) is 0.389. The Bertz CT molecular complexity index is 685. The van der Waals surface area contributed by atoms with Gasteiger partial charge in [0.2, 0.25) is 5.91 Å². The summed E-state index contributed by atoms with van der Waals surface area (Å²) in [6.07, 6.45) is 1.53. The number of thiophene rings is 1. The Morgan fingerprint density at radius 3 is 3.04 bits per heavy atom. The zero-order valence-corrected chi connectivity index (χ0v) is 14.0. The molecule has 0 fully saturated rings. The number of benzene rings is 1. The van der Waals surface area contributed by atoms with Crippen molar-refractivity contribution in [3.63, 3.8) is 0 Å². The van der Waals surface area contributed by atoms with Gasteiger partial charge in [0.1, 0.15) is 5.82 Å². The number of nitrogens with one attached hydrogen (secondary N) is 1. The maximum Gasteiger partial charge on any atom is 0.234 e. The van der Waals surface area contributed by atoms with Crippen LogP contribution in [0.25, 0.3) is 0 Å². The van der Waals surface area contributed by atoms with E-state index in [9.17, 15) is 9.18 Å². The first kappa shape index (κ1) is 16.1. The number of carbonyl (C=O) groups excluding carboxylic acids is 1. The maximum absolute atomic E-state index is 13.5. The van der Waals surface area contributed by atoms with Crippen LogP contribution in [-0.2, 0) is 17.6 Å². The summed E-state index contributed by atoms with van der Waals surface area (Å²) in [5.41, 5.74) is 1.99. The predicted octanol–water partition coefficient (Wildman–Crippen LogP) is 3.17. The monoisotopic (exact) mass is 332 g/mol. The SMILES string of the molecule is C[C@H]1c2ccsc2CCN1CC(=O)NCCc1ccccc1F. The molecule has 1 aromatic heterocycles. The number of halogens is 1. The molecule has 2 aromatic rings. The lowest BCUT2D eigenvalue weighted by atomic mass is 10.0. The Hall–Kier alpha value is -1.72. The second kappa shape index (κ2) is 7.23. The molecule has 2 heterocycles. The molecule has 23 heavy (non-hydrogen) atoms. The molecular weight excluding hydrogens is 311 g/mol. The summed E-state index contributed by atoms with van der Waals surface area (Å²) < 4.78 is 13.5. The van der Waals surface area contributed by atoms with Crippen molar-refractivity contribution in [1.82, 2.24) is 10.2 Å². The quantitative estimate of drug-likeness (QED) is 0.912. The van der Waals surface area contributed by atoms with Crippen LogP contribution < -0.4 is 5.32 Å². The summed E-state index contributed by atoms with van der Waals surface area (Å²) >= 11 is 1.80. The fourth-order valence-electron chi connectivity index (χ4n) is 3.06. The van der Waals surface area contributed by atoms with Crippen molar-refractivity contribution in [2.45, 2.75) is 25.8 Å². The molecule has 122 valence electrons. The average Bonchev–Trinajstić information content (AvgIpc) is 3.01. The number of rotatable bonds is 5. The van der Waals surface area contributed by atoms with E-state index in [0.29, 0.717) is 25.1 Å². The number of carbonyl (C=O) groups is 1. The van der Waals surface area contributed by atoms with Crippen LogP contribution in [0.5, 0.6) is 0 Å². The molecule has 0 aliphatic carbocycles. The molecule has 5 heteroatoms. The molecule has 1 amide bonds. The van der Waals surface area contributed by atoms with Gasteiger partial charge in [0.05, 0.1) is 6.54 Å². The molecule has 1 aliphatic heterocycles. The van der Waals surface area contributed by atoms with Crippen molar-refractivity contribution in [3.8, 4) is 0 Å². The van der Waals surface area contributed by atoms with Gasteiger partial charge in [-0.25, -0.2) is 4.39 Å². The van der Waals surface area contributed by atoms with Crippen LogP contribution in [0.1, 0.15) is 29.0 Å². The second-order valence-electron chi connectivity index (χ2n) is 5.89. The zero-order chi connectivity index (χ0) is 16.2. The summed E-state index contributed by atoms with van der Waals surface area (Å²) in [6.45, 7) is 3.92. The first-order chi connectivity index (χ1) is 11.1. The van der Waals surface area contributed by atoms with E-state index in [4.69, 9.17) is 0 Å². The van der Waals surface area contributed by atoms with E-state index in [2.05, 4.69) is 28.6 Å². The Morgan fingerprint density at radius 1 is 1.39 bits per heavy atom. The molecule has 1 atom stereocenters. The second-order valence-corrected chi connectivity index (χ2v) is 6.89. The van der Waals surface area contributed by atoms with Crippen molar-refractivity contribution in [3.05, 3.63) is 57.5 Å². The van der Waals surface area contributed by atoms with Gasteiger partial charge >= 0.3 is 0 Å². The van der Waals surface area contributed by atoms with Crippen LogP contribution in [0.2, 0.25) is 0 Å². The fourth-order valence-corrected chi connectivity index (χ4v) is 4.02. The molecule has 0 saturated heterocycles. The van der Waals surface area contributed by atoms with Gasteiger partial charge in [-0.1, -0.05) is 18.2 Å². The number of hydrogen-bond donors (Lipinski definition) is 1. The molecule has 3 rings (SSSR count). The van der Waals surface area contributed by atoms with E-state index < -0.39 is 0 Å². The minimum atomic E-state index is -0.212. The smallest absolute Gasteiger partial charge is 0.234 e. The highest BCUT2D eigenvalue weighted by molar-refractivity contribution is 7.10.